The second-order valence-electron chi connectivity index (χ2n) is 4.87. The summed E-state index contributed by atoms with van der Waals surface area (Å²) in [4.78, 5) is 0. The first-order valence-corrected chi connectivity index (χ1v) is 6.71. The number of hydrogen-bond acceptors (Lipinski definition) is 1. The van der Waals surface area contributed by atoms with Crippen LogP contribution < -0.4 is 5.32 Å². The Morgan fingerprint density at radius 1 is 0.900 bits per heavy atom. The van der Waals surface area contributed by atoms with Crippen molar-refractivity contribution in [2.75, 3.05) is 7.05 Å². The van der Waals surface area contributed by atoms with E-state index in [0.717, 1.165) is 21.9 Å². The lowest BCUT2D eigenvalue weighted by molar-refractivity contribution is 0.627. The third-order valence-electron chi connectivity index (χ3n) is 3.49. The molecule has 0 saturated heterocycles. The SMILES string of the molecule is CNCc1ccc(-c2cccc3ccccc23)c(F)c1. The predicted molar refractivity (Wildman–Crippen MR) is 82.1 cm³/mol. The molecular formula is C18H16FN. The molecule has 0 heterocycles. The Morgan fingerprint density at radius 2 is 1.70 bits per heavy atom. The average Bonchev–Trinajstić information content (AvgIpc) is 2.47. The van der Waals surface area contributed by atoms with E-state index in [9.17, 15) is 4.39 Å². The smallest absolute Gasteiger partial charge is 0.131 e. The molecule has 0 amide bonds. The minimum atomic E-state index is -0.172. The van der Waals surface area contributed by atoms with Crippen LogP contribution >= 0.6 is 0 Å². The van der Waals surface area contributed by atoms with E-state index in [2.05, 4.69) is 5.32 Å². The molecule has 20 heavy (non-hydrogen) atoms. The fraction of sp³-hybridized carbons (Fsp3) is 0.111. The van der Waals surface area contributed by atoms with Gasteiger partial charge >= 0.3 is 0 Å². The van der Waals surface area contributed by atoms with E-state index in [1.807, 2.05) is 61.6 Å². The van der Waals surface area contributed by atoms with E-state index < -0.39 is 0 Å². The van der Waals surface area contributed by atoms with Crippen molar-refractivity contribution in [1.29, 1.82) is 0 Å². The molecule has 3 aromatic carbocycles. The first kappa shape index (κ1) is 12.8. The highest BCUT2D eigenvalue weighted by Crippen LogP contribution is 2.30. The van der Waals surface area contributed by atoms with E-state index >= 15 is 0 Å². The van der Waals surface area contributed by atoms with Crippen molar-refractivity contribution in [2.45, 2.75) is 6.54 Å². The molecule has 0 spiro atoms. The minimum absolute atomic E-state index is 0.172. The second kappa shape index (κ2) is 5.43. The van der Waals surface area contributed by atoms with Gasteiger partial charge in [0.2, 0.25) is 0 Å². The normalized spacial score (nSPS) is 10.9. The summed E-state index contributed by atoms with van der Waals surface area (Å²) in [6.45, 7) is 0.673. The Morgan fingerprint density at radius 3 is 2.50 bits per heavy atom. The van der Waals surface area contributed by atoms with Gasteiger partial charge in [-0.05, 0) is 35.0 Å². The zero-order valence-corrected chi connectivity index (χ0v) is 11.4. The summed E-state index contributed by atoms with van der Waals surface area (Å²) in [6, 6.07) is 19.5. The fourth-order valence-electron chi connectivity index (χ4n) is 2.55. The lowest BCUT2D eigenvalue weighted by Crippen LogP contribution is -2.05. The van der Waals surface area contributed by atoms with E-state index in [4.69, 9.17) is 0 Å². The van der Waals surface area contributed by atoms with Crippen molar-refractivity contribution < 1.29 is 4.39 Å². The van der Waals surface area contributed by atoms with Crippen LogP contribution in [0.15, 0.2) is 60.7 Å². The maximum Gasteiger partial charge on any atom is 0.131 e. The van der Waals surface area contributed by atoms with Crippen LogP contribution in [0.3, 0.4) is 0 Å². The largest absolute Gasteiger partial charge is 0.316 e. The predicted octanol–water partition coefficient (Wildman–Crippen LogP) is 4.37. The van der Waals surface area contributed by atoms with Crippen molar-refractivity contribution in [3.63, 3.8) is 0 Å². The van der Waals surface area contributed by atoms with Crippen molar-refractivity contribution in [3.05, 3.63) is 72.0 Å². The van der Waals surface area contributed by atoms with Crippen molar-refractivity contribution >= 4 is 10.8 Å². The molecule has 0 aromatic heterocycles. The number of rotatable bonds is 3. The Kier molecular flexibility index (Phi) is 3.48. The maximum absolute atomic E-state index is 14.4. The van der Waals surface area contributed by atoms with E-state index in [-0.39, 0.29) is 5.82 Å². The molecule has 0 atom stereocenters. The van der Waals surface area contributed by atoms with Gasteiger partial charge in [0, 0.05) is 12.1 Å². The number of nitrogens with one attached hydrogen (secondary N) is 1. The molecule has 0 aliphatic rings. The van der Waals surface area contributed by atoms with Crippen LogP contribution in [0.5, 0.6) is 0 Å². The van der Waals surface area contributed by atoms with Gasteiger partial charge in [0.1, 0.15) is 5.82 Å². The molecule has 0 fully saturated rings. The van der Waals surface area contributed by atoms with E-state index in [1.54, 1.807) is 6.07 Å². The zero-order valence-electron chi connectivity index (χ0n) is 11.4. The number of benzene rings is 3. The molecule has 1 nitrogen and oxygen atoms in total. The zero-order chi connectivity index (χ0) is 13.9. The van der Waals surface area contributed by atoms with Crippen molar-refractivity contribution in [3.8, 4) is 11.1 Å². The molecular weight excluding hydrogens is 249 g/mol. The lowest BCUT2D eigenvalue weighted by Gasteiger charge is -2.09. The number of hydrogen-bond donors (Lipinski definition) is 1. The summed E-state index contributed by atoms with van der Waals surface area (Å²) >= 11 is 0. The Labute approximate surface area is 118 Å². The van der Waals surface area contributed by atoms with Gasteiger partial charge in [0.05, 0.1) is 0 Å². The highest BCUT2D eigenvalue weighted by Gasteiger charge is 2.09. The van der Waals surface area contributed by atoms with Crippen LogP contribution in [0.1, 0.15) is 5.56 Å². The minimum Gasteiger partial charge on any atom is -0.316 e. The van der Waals surface area contributed by atoms with Crippen LogP contribution in [0.4, 0.5) is 4.39 Å². The lowest BCUT2D eigenvalue weighted by atomic mass is 9.97. The molecule has 3 rings (SSSR count). The molecule has 0 bridgehead atoms. The Bertz CT molecular complexity index is 744. The number of halogens is 1. The molecule has 2 heteroatoms. The topological polar surface area (TPSA) is 12.0 Å². The van der Waals surface area contributed by atoms with Gasteiger partial charge in [-0.15, -0.1) is 0 Å². The summed E-state index contributed by atoms with van der Waals surface area (Å²) in [5.74, 6) is -0.172. The maximum atomic E-state index is 14.4. The van der Waals surface area contributed by atoms with Gasteiger partial charge in [-0.2, -0.15) is 0 Å². The van der Waals surface area contributed by atoms with E-state index in [1.165, 1.54) is 0 Å². The first-order valence-electron chi connectivity index (χ1n) is 6.71. The van der Waals surface area contributed by atoms with Gasteiger partial charge < -0.3 is 5.32 Å². The molecule has 0 aliphatic carbocycles. The van der Waals surface area contributed by atoms with Crippen LogP contribution in [-0.4, -0.2) is 7.05 Å². The number of fused-ring (bicyclic) bond motifs is 1. The fourth-order valence-corrected chi connectivity index (χ4v) is 2.55. The van der Waals surface area contributed by atoms with Gasteiger partial charge in [0.25, 0.3) is 0 Å². The highest BCUT2D eigenvalue weighted by atomic mass is 19.1. The summed E-state index contributed by atoms with van der Waals surface area (Å²) < 4.78 is 14.4. The van der Waals surface area contributed by atoms with Gasteiger partial charge in [-0.3, -0.25) is 0 Å². The monoisotopic (exact) mass is 265 g/mol. The summed E-state index contributed by atoms with van der Waals surface area (Å²) in [5.41, 5.74) is 2.55. The van der Waals surface area contributed by atoms with Gasteiger partial charge in [-0.1, -0.05) is 54.6 Å². The molecule has 3 aromatic rings. The quantitative estimate of drug-likeness (QED) is 0.741. The van der Waals surface area contributed by atoms with Crippen molar-refractivity contribution in [1.82, 2.24) is 5.32 Å². The molecule has 0 aliphatic heterocycles. The molecule has 0 unspecified atom stereocenters. The molecule has 0 saturated carbocycles. The third kappa shape index (κ3) is 2.30. The van der Waals surface area contributed by atoms with Crippen LogP contribution in [0.25, 0.3) is 21.9 Å². The summed E-state index contributed by atoms with van der Waals surface area (Å²) in [7, 11) is 1.86. The molecule has 0 radical (unpaired) electrons. The van der Waals surface area contributed by atoms with Gasteiger partial charge in [0.15, 0.2) is 0 Å². The average molecular weight is 265 g/mol. The summed E-state index contributed by atoms with van der Waals surface area (Å²) in [6.07, 6.45) is 0. The molecule has 100 valence electrons. The van der Waals surface area contributed by atoms with Crippen molar-refractivity contribution in [2.24, 2.45) is 0 Å². The summed E-state index contributed by atoms with van der Waals surface area (Å²) in [5, 5.41) is 5.24. The Balaban J connectivity index is 2.16. The van der Waals surface area contributed by atoms with Crippen LogP contribution in [0, 0.1) is 5.82 Å². The van der Waals surface area contributed by atoms with Crippen LogP contribution in [0.2, 0.25) is 0 Å². The highest BCUT2D eigenvalue weighted by molar-refractivity contribution is 5.96. The molecule has 1 N–H and O–H groups in total. The van der Waals surface area contributed by atoms with Gasteiger partial charge in [-0.25, -0.2) is 4.39 Å². The Hall–Kier alpha value is -2.19. The van der Waals surface area contributed by atoms with E-state index in [0.29, 0.717) is 12.1 Å². The third-order valence-corrected chi connectivity index (χ3v) is 3.49. The standard InChI is InChI=1S/C18H16FN/c1-20-12-13-9-10-17(18(19)11-13)16-8-4-6-14-5-2-3-7-15(14)16/h2-11,20H,12H2,1H3. The van der Waals surface area contributed by atoms with Crippen LogP contribution in [-0.2, 0) is 6.54 Å². The second-order valence-corrected chi connectivity index (χ2v) is 4.87. The first-order chi connectivity index (χ1) is 9.79.